The van der Waals surface area contributed by atoms with Crippen molar-refractivity contribution in [3.63, 3.8) is 0 Å². The lowest BCUT2D eigenvalue weighted by Crippen LogP contribution is -2.29. The van der Waals surface area contributed by atoms with Crippen molar-refractivity contribution >= 4 is 44.1 Å². The summed E-state index contributed by atoms with van der Waals surface area (Å²) in [6, 6.07) is 17.3. The standard InChI is InChI=1S/C33H32N2O6S/c1-4-5-6-14-40-24-9-7-8-20(17-24)29-28(30(36)21-10-13-26-22(16-21)15-19(2)41-26)31(37)32(38)35(29)33-34-25-12-11-23(39-3)18-27(25)42-33/h7-13,16-19,29,36H,4-6,14-15H2,1-3H3/b30-28+/t19-,29-/m1/s1. The van der Waals surface area contributed by atoms with Gasteiger partial charge in [-0.05, 0) is 73.0 Å². The topological polar surface area (TPSA) is 98.2 Å². The second kappa shape index (κ2) is 11.5. The van der Waals surface area contributed by atoms with E-state index in [0.29, 0.717) is 46.3 Å². The number of benzene rings is 3. The van der Waals surface area contributed by atoms with Crippen molar-refractivity contribution < 1.29 is 28.9 Å². The fourth-order valence-corrected chi connectivity index (χ4v) is 6.53. The van der Waals surface area contributed by atoms with Gasteiger partial charge in [-0.1, -0.05) is 43.2 Å². The van der Waals surface area contributed by atoms with E-state index in [9.17, 15) is 14.7 Å². The summed E-state index contributed by atoms with van der Waals surface area (Å²) in [6.07, 6.45) is 3.79. The van der Waals surface area contributed by atoms with E-state index in [1.165, 1.54) is 16.2 Å². The fraction of sp³-hybridized carbons (Fsp3) is 0.303. The number of hydrogen-bond donors (Lipinski definition) is 1. The van der Waals surface area contributed by atoms with Crippen LogP contribution < -0.4 is 19.1 Å². The van der Waals surface area contributed by atoms with Crippen LogP contribution in [0.4, 0.5) is 5.13 Å². The number of aliphatic hydroxyl groups is 1. The Labute approximate surface area is 248 Å². The first-order valence-electron chi connectivity index (χ1n) is 14.2. The van der Waals surface area contributed by atoms with E-state index in [0.717, 1.165) is 35.3 Å². The second-order valence-electron chi connectivity index (χ2n) is 10.6. The van der Waals surface area contributed by atoms with Crippen LogP contribution in [0.25, 0.3) is 16.0 Å². The predicted molar refractivity (Wildman–Crippen MR) is 163 cm³/mol. The first-order chi connectivity index (χ1) is 20.4. The van der Waals surface area contributed by atoms with E-state index in [4.69, 9.17) is 19.2 Å². The van der Waals surface area contributed by atoms with Gasteiger partial charge >= 0.3 is 5.91 Å². The molecule has 6 rings (SSSR count). The second-order valence-corrected chi connectivity index (χ2v) is 11.6. The molecule has 1 fully saturated rings. The molecule has 1 N–H and O–H groups in total. The lowest BCUT2D eigenvalue weighted by molar-refractivity contribution is -0.132. The van der Waals surface area contributed by atoms with Crippen LogP contribution in [0.2, 0.25) is 0 Å². The third-order valence-corrected chi connectivity index (χ3v) is 8.61. The minimum Gasteiger partial charge on any atom is -0.507 e. The maximum Gasteiger partial charge on any atom is 0.301 e. The molecule has 0 aliphatic carbocycles. The summed E-state index contributed by atoms with van der Waals surface area (Å²) in [6.45, 7) is 4.68. The van der Waals surface area contributed by atoms with Gasteiger partial charge in [0.05, 0.1) is 35.5 Å². The van der Waals surface area contributed by atoms with E-state index in [2.05, 4.69) is 6.92 Å². The molecule has 3 aromatic carbocycles. The third-order valence-electron chi connectivity index (χ3n) is 7.59. The van der Waals surface area contributed by atoms with Crippen LogP contribution in [-0.4, -0.2) is 41.6 Å². The summed E-state index contributed by atoms with van der Waals surface area (Å²) in [5.41, 5.74) is 2.72. The first-order valence-corrected chi connectivity index (χ1v) is 15.0. The zero-order valence-corrected chi connectivity index (χ0v) is 24.6. The molecule has 1 saturated heterocycles. The Balaban J connectivity index is 1.47. The van der Waals surface area contributed by atoms with E-state index in [-0.39, 0.29) is 17.4 Å². The van der Waals surface area contributed by atoms with Gasteiger partial charge in [0.2, 0.25) is 0 Å². The third kappa shape index (κ3) is 5.09. The number of carbonyl (C=O) groups is 2. The molecule has 0 bridgehead atoms. The number of aliphatic hydroxyl groups excluding tert-OH is 1. The summed E-state index contributed by atoms with van der Waals surface area (Å²) in [5, 5.41) is 12.0. The SMILES string of the molecule is CCCCCOc1cccc([C@@H]2/C(=C(\O)c3ccc4c(c3)C[C@@H](C)O4)C(=O)C(=O)N2c2nc3ccc(OC)cc3s2)c1. The minimum atomic E-state index is -0.907. The number of hydrogen-bond acceptors (Lipinski definition) is 8. The van der Waals surface area contributed by atoms with Gasteiger partial charge in [0, 0.05) is 12.0 Å². The van der Waals surface area contributed by atoms with Crippen molar-refractivity contribution in [2.75, 3.05) is 18.6 Å². The molecule has 216 valence electrons. The number of ketones is 1. The highest BCUT2D eigenvalue weighted by atomic mass is 32.1. The average Bonchev–Trinajstić information content (AvgIpc) is 3.66. The number of carbonyl (C=O) groups excluding carboxylic acids is 2. The Kier molecular flexibility index (Phi) is 7.60. The number of ether oxygens (including phenoxy) is 3. The highest BCUT2D eigenvalue weighted by molar-refractivity contribution is 7.22. The maximum absolute atomic E-state index is 13.7. The number of thiazole rings is 1. The van der Waals surface area contributed by atoms with Gasteiger partial charge < -0.3 is 19.3 Å². The van der Waals surface area contributed by atoms with Crippen molar-refractivity contribution in [3.05, 3.63) is 82.9 Å². The molecular formula is C33H32N2O6S. The van der Waals surface area contributed by atoms with Crippen LogP contribution in [0.5, 0.6) is 17.2 Å². The molecular weight excluding hydrogens is 552 g/mol. The Morgan fingerprint density at radius 2 is 1.95 bits per heavy atom. The predicted octanol–water partition coefficient (Wildman–Crippen LogP) is 6.82. The van der Waals surface area contributed by atoms with Crippen LogP contribution in [0.15, 0.2) is 66.2 Å². The van der Waals surface area contributed by atoms with Crippen LogP contribution in [0.1, 0.15) is 55.8 Å². The summed E-state index contributed by atoms with van der Waals surface area (Å²) >= 11 is 1.29. The van der Waals surface area contributed by atoms with Crippen molar-refractivity contribution in [3.8, 4) is 17.2 Å². The van der Waals surface area contributed by atoms with E-state index < -0.39 is 17.7 Å². The van der Waals surface area contributed by atoms with Gasteiger partial charge in [0.25, 0.3) is 5.78 Å². The first kappa shape index (κ1) is 27.8. The molecule has 3 heterocycles. The zero-order valence-electron chi connectivity index (χ0n) is 23.8. The van der Waals surface area contributed by atoms with Crippen molar-refractivity contribution in [2.24, 2.45) is 0 Å². The van der Waals surface area contributed by atoms with E-state index >= 15 is 0 Å². The molecule has 42 heavy (non-hydrogen) atoms. The molecule has 2 atom stereocenters. The minimum absolute atomic E-state index is 0.00637. The van der Waals surface area contributed by atoms with Gasteiger partial charge in [-0.3, -0.25) is 14.5 Å². The number of aromatic nitrogens is 1. The number of methoxy groups -OCH3 is 1. The summed E-state index contributed by atoms with van der Waals surface area (Å²) in [7, 11) is 1.59. The number of unbranched alkanes of at least 4 members (excludes halogenated alkanes) is 2. The molecule has 0 saturated carbocycles. The number of fused-ring (bicyclic) bond motifs is 2. The fourth-order valence-electron chi connectivity index (χ4n) is 5.51. The van der Waals surface area contributed by atoms with E-state index in [1.54, 1.807) is 25.3 Å². The van der Waals surface area contributed by atoms with Gasteiger partial charge in [-0.2, -0.15) is 0 Å². The molecule has 0 radical (unpaired) electrons. The van der Waals surface area contributed by atoms with Crippen molar-refractivity contribution in [1.82, 2.24) is 4.98 Å². The van der Waals surface area contributed by atoms with Crippen LogP contribution in [0.3, 0.4) is 0 Å². The smallest absolute Gasteiger partial charge is 0.301 e. The van der Waals surface area contributed by atoms with Crippen LogP contribution in [-0.2, 0) is 16.0 Å². The molecule has 2 aliphatic rings. The maximum atomic E-state index is 13.7. The molecule has 1 aromatic heterocycles. The lowest BCUT2D eigenvalue weighted by atomic mass is 9.94. The Morgan fingerprint density at radius 3 is 2.76 bits per heavy atom. The largest absolute Gasteiger partial charge is 0.507 e. The number of amides is 1. The molecule has 4 aromatic rings. The molecule has 0 spiro atoms. The lowest BCUT2D eigenvalue weighted by Gasteiger charge is -2.23. The summed E-state index contributed by atoms with van der Waals surface area (Å²) < 4.78 is 18.0. The highest BCUT2D eigenvalue weighted by Gasteiger charge is 2.48. The Morgan fingerprint density at radius 1 is 1.10 bits per heavy atom. The summed E-state index contributed by atoms with van der Waals surface area (Å²) in [4.78, 5) is 33.5. The van der Waals surface area contributed by atoms with Crippen LogP contribution >= 0.6 is 11.3 Å². The van der Waals surface area contributed by atoms with Gasteiger partial charge in [0.1, 0.15) is 29.1 Å². The van der Waals surface area contributed by atoms with Crippen molar-refractivity contribution in [2.45, 2.75) is 51.7 Å². The number of anilines is 1. The molecule has 1 amide bonds. The van der Waals surface area contributed by atoms with Crippen LogP contribution in [0, 0.1) is 0 Å². The Hall–Kier alpha value is -4.37. The molecule has 9 heteroatoms. The van der Waals surface area contributed by atoms with Gasteiger partial charge in [-0.15, -0.1) is 0 Å². The normalized spacial score (nSPS) is 19.3. The Bertz CT molecular complexity index is 1710. The molecule has 8 nitrogen and oxygen atoms in total. The van der Waals surface area contributed by atoms with Crippen molar-refractivity contribution in [1.29, 1.82) is 0 Å². The average molecular weight is 585 g/mol. The molecule has 2 aliphatic heterocycles. The van der Waals surface area contributed by atoms with E-state index in [1.807, 2.05) is 49.4 Å². The summed E-state index contributed by atoms with van der Waals surface area (Å²) in [5.74, 6) is 0.300. The highest BCUT2D eigenvalue weighted by Crippen LogP contribution is 2.45. The van der Waals surface area contributed by atoms with Gasteiger partial charge in [0.15, 0.2) is 5.13 Å². The van der Waals surface area contributed by atoms with Gasteiger partial charge in [-0.25, -0.2) is 4.98 Å². The molecule has 0 unspecified atom stereocenters. The zero-order chi connectivity index (χ0) is 29.4. The number of rotatable bonds is 9. The number of nitrogens with zero attached hydrogens (tertiary/aromatic N) is 2. The quantitative estimate of drug-likeness (QED) is 0.0997. The number of Topliss-reactive ketones (excluding diaryl/α,β-unsaturated/α-hetero) is 1. The monoisotopic (exact) mass is 584 g/mol.